The Morgan fingerprint density at radius 3 is 1.29 bits per heavy atom. The summed E-state index contributed by atoms with van der Waals surface area (Å²) in [7, 11) is 0. The van der Waals surface area contributed by atoms with E-state index >= 15 is 0 Å². The predicted molar refractivity (Wildman–Crippen MR) is 30.7 cm³/mol. The van der Waals surface area contributed by atoms with Crippen LogP contribution < -0.4 is 0 Å². The molecule has 0 saturated heterocycles. The van der Waals surface area contributed by atoms with Crippen molar-refractivity contribution in [3.8, 4) is 0 Å². The van der Waals surface area contributed by atoms with Crippen LogP contribution >= 0.6 is 0 Å². The number of alkyl halides is 7. The fourth-order valence-electron chi connectivity index (χ4n) is 0.312. The first-order valence-electron chi connectivity index (χ1n) is 2.50. The van der Waals surface area contributed by atoms with Gasteiger partial charge in [-0.3, -0.25) is 0 Å². The summed E-state index contributed by atoms with van der Waals surface area (Å²) >= 11 is 0. The summed E-state index contributed by atoms with van der Waals surface area (Å²) < 4.78 is 80.5. The van der Waals surface area contributed by atoms with Crippen LogP contribution in [0, 0.1) is 0 Å². The quantitative estimate of drug-likeness (QED) is 0.564. The maximum absolute atomic E-state index is 11.8. The van der Waals surface area contributed by atoms with E-state index in [2.05, 4.69) is 0 Å². The first-order valence-corrected chi connectivity index (χ1v) is 2.50. The van der Waals surface area contributed by atoms with Crippen LogP contribution in [0.3, 0.4) is 0 Å². The van der Waals surface area contributed by atoms with Crippen LogP contribution in [0.1, 0.15) is 0 Å². The molecule has 0 aromatic rings. The van der Waals surface area contributed by atoms with Crippen LogP contribution in [0.4, 0.5) is 30.7 Å². The Balaban J connectivity index is 0. The molecular formula is C4H2F7LiO2. The number of halogens is 7. The van der Waals surface area contributed by atoms with E-state index in [1.807, 2.05) is 0 Å². The average molecular weight is 222 g/mol. The number of carbonyl (C=O) groups is 1. The van der Waals surface area contributed by atoms with Crippen LogP contribution in [0.15, 0.2) is 0 Å². The predicted octanol–water partition coefficient (Wildman–Crippen LogP) is 1.26. The molecule has 10 heteroatoms. The number of hydrogen-bond donors (Lipinski definition) is 1. The van der Waals surface area contributed by atoms with Gasteiger partial charge in [0.15, 0.2) is 0 Å². The van der Waals surface area contributed by atoms with E-state index in [4.69, 9.17) is 5.11 Å². The van der Waals surface area contributed by atoms with Gasteiger partial charge in [-0.15, -0.1) is 0 Å². The molecular weight excluding hydrogens is 220 g/mol. The minimum absolute atomic E-state index is 0. The number of carboxylic acid groups (broad SMARTS) is 1. The molecule has 0 aliphatic carbocycles. The van der Waals surface area contributed by atoms with E-state index in [1.54, 1.807) is 0 Å². The van der Waals surface area contributed by atoms with E-state index in [1.165, 1.54) is 0 Å². The molecule has 0 aromatic heterocycles. The normalized spacial score (nSPS) is 13.4. The Morgan fingerprint density at radius 1 is 0.929 bits per heavy atom. The number of carboxylic acids is 1. The third kappa shape index (κ3) is 2.33. The second-order valence-corrected chi connectivity index (χ2v) is 1.95. The van der Waals surface area contributed by atoms with Crippen molar-refractivity contribution in [2.75, 3.05) is 0 Å². The molecule has 0 saturated carbocycles. The molecule has 0 aliphatic heterocycles. The molecule has 80 valence electrons. The van der Waals surface area contributed by atoms with Gasteiger partial charge in [0, 0.05) is 0 Å². The van der Waals surface area contributed by atoms with Crippen LogP contribution in [0.2, 0.25) is 0 Å². The zero-order valence-electron chi connectivity index (χ0n) is 5.50. The summed E-state index contributed by atoms with van der Waals surface area (Å²) in [6, 6.07) is 0. The van der Waals surface area contributed by atoms with Crippen molar-refractivity contribution in [1.29, 1.82) is 0 Å². The summed E-state index contributed by atoms with van der Waals surface area (Å²) in [5.41, 5.74) is 0. The van der Waals surface area contributed by atoms with Gasteiger partial charge in [0.25, 0.3) is 0 Å². The molecule has 2 nitrogen and oxygen atoms in total. The Bertz CT molecular complexity index is 222. The van der Waals surface area contributed by atoms with Crippen molar-refractivity contribution in [1.82, 2.24) is 0 Å². The molecule has 0 spiro atoms. The Morgan fingerprint density at radius 2 is 1.21 bits per heavy atom. The van der Waals surface area contributed by atoms with Crippen molar-refractivity contribution in [3.05, 3.63) is 0 Å². The molecule has 1 N–H and O–H groups in total. The van der Waals surface area contributed by atoms with Gasteiger partial charge in [0.1, 0.15) is 0 Å². The monoisotopic (exact) mass is 222 g/mol. The molecule has 0 aliphatic rings. The van der Waals surface area contributed by atoms with E-state index in [9.17, 15) is 35.5 Å². The topological polar surface area (TPSA) is 37.3 Å². The molecule has 0 bridgehead atoms. The van der Waals surface area contributed by atoms with Gasteiger partial charge >= 0.3 is 42.9 Å². The van der Waals surface area contributed by atoms with Crippen molar-refractivity contribution in [2.45, 2.75) is 18.0 Å². The Kier molecular flexibility index (Phi) is 4.56. The van der Waals surface area contributed by atoms with Crippen LogP contribution in [-0.2, 0) is 4.79 Å². The molecule has 0 fully saturated rings. The van der Waals surface area contributed by atoms with Gasteiger partial charge in [-0.1, -0.05) is 0 Å². The summed E-state index contributed by atoms with van der Waals surface area (Å²) in [6.07, 6.45) is -6.60. The summed E-state index contributed by atoms with van der Waals surface area (Å²) in [4.78, 5) is 9.38. The van der Waals surface area contributed by atoms with E-state index in [0.29, 0.717) is 0 Å². The summed E-state index contributed by atoms with van der Waals surface area (Å²) in [6.45, 7) is 0. The SMILES string of the molecule is O=C(O)C(F)(F)C(F)(F)C(F)(F)F.[LiH]. The van der Waals surface area contributed by atoms with E-state index in [-0.39, 0.29) is 18.9 Å². The van der Waals surface area contributed by atoms with Gasteiger partial charge in [0.2, 0.25) is 0 Å². The molecule has 0 amide bonds. The molecule has 0 radical (unpaired) electrons. The van der Waals surface area contributed by atoms with Crippen molar-refractivity contribution in [3.63, 3.8) is 0 Å². The molecule has 0 heterocycles. The molecule has 0 atom stereocenters. The van der Waals surface area contributed by atoms with Crippen LogP contribution in [0.5, 0.6) is 0 Å². The first-order chi connectivity index (χ1) is 5.44. The second-order valence-electron chi connectivity index (χ2n) is 1.95. The van der Waals surface area contributed by atoms with Crippen molar-refractivity contribution < 1.29 is 40.6 Å². The van der Waals surface area contributed by atoms with Crippen molar-refractivity contribution in [2.24, 2.45) is 0 Å². The second kappa shape index (κ2) is 3.98. The minimum atomic E-state index is -6.60. The zero-order chi connectivity index (χ0) is 11.1. The van der Waals surface area contributed by atoms with Gasteiger partial charge in [0.05, 0.1) is 0 Å². The third-order valence-electron chi connectivity index (χ3n) is 1.02. The fourth-order valence-corrected chi connectivity index (χ4v) is 0.312. The number of aliphatic carboxylic acids is 1. The van der Waals surface area contributed by atoms with E-state index in [0.717, 1.165) is 0 Å². The summed E-state index contributed by atoms with van der Waals surface area (Å²) in [5, 5.41) is 7.41. The van der Waals surface area contributed by atoms with Crippen molar-refractivity contribution >= 4 is 24.8 Å². The van der Waals surface area contributed by atoms with Gasteiger partial charge in [-0.25, -0.2) is 4.79 Å². The molecule has 0 unspecified atom stereocenters. The maximum atomic E-state index is 11.8. The van der Waals surface area contributed by atoms with Gasteiger partial charge in [-0.2, -0.15) is 30.7 Å². The van der Waals surface area contributed by atoms with E-state index < -0.39 is 24.0 Å². The average Bonchev–Trinajstić information content (AvgIpc) is 1.84. The standard InChI is InChI=1S/C4HF7O2.Li.H/c5-2(6,1(12)13)3(7,8)4(9,10)11;;/h(H,12,13);;. The Hall–Kier alpha value is -0.423. The third-order valence-corrected chi connectivity index (χ3v) is 1.02. The number of rotatable bonds is 2. The Labute approximate surface area is 84.2 Å². The molecule has 0 aromatic carbocycles. The summed E-state index contributed by atoms with van der Waals surface area (Å²) in [5.74, 6) is -16.3. The van der Waals surface area contributed by atoms with Gasteiger partial charge in [-0.05, 0) is 0 Å². The first kappa shape index (κ1) is 16.0. The van der Waals surface area contributed by atoms with Gasteiger partial charge < -0.3 is 5.11 Å². The van der Waals surface area contributed by atoms with Crippen LogP contribution in [0.25, 0.3) is 0 Å². The number of hydrogen-bond acceptors (Lipinski definition) is 1. The van der Waals surface area contributed by atoms with Crippen LogP contribution in [-0.4, -0.2) is 48.0 Å². The fraction of sp³-hybridized carbons (Fsp3) is 0.750. The molecule has 14 heavy (non-hydrogen) atoms. The molecule has 0 rings (SSSR count). The zero-order valence-corrected chi connectivity index (χ0v) is 5.50.